The van der Waals surface area contributed by atoms with Crippen LogP contribution in [0.3, 0.4) is 0 Å². The lowest BCUT2D eigenvalue weighted by atomic mass is 10.1. The maximum Gasteiger partial charge on any atom is 0.416 e. The summed E-state index contributed by atoms with van der Waals surface area (Å²) in [4.78, 5) is 20.0. The van der Waals surface area contributed by atoms with Crippen molar-refractivity contribution in [2.45, 2.75) is 31.1 Å². The number of carboxylic acid groups (broad SMARTS) is 1. The van der Waals surface area contributed by atoms with Gasteiger partial charge in [0.05, 0.1) is 16.0 Å². The van der Waals surface area contributed by atoms with Crippen LogP contribution in [-0.4, -0.2) is 60.5 Å². The summed E-state index contributed by atoms with van der Waals surface area (Å²) in [7, 11) is -4.08. The Hall–Kier alpha value is -4.62. The number of benzene rings is 3. The third kappa shape index (κ3) is 7.91. The number of para-hydroxylation sites is 1. The molecule has 0 saturated carbocycles. The summed E-state index contributed by atoms with van der Waals surface area (Å²) >= 11 is 0. The monoisotopic (exact) mass is 640 g/mol. The molecule has 0 atom stereocenters. The number of piperazine rings is 1. The minimum absolute atomic E-state index is 0.0672. The minimum Gasteiger partial charge on any atom is -0.489 e. The Bertz CT molecular complexity index is 1800. The maximum atomic E-state index is 13.0. The zero-order valence-corrected chi connectivity index (χ0v) is 25.1. The Morgan fingerprint density at radius 1 is 1.00 bits per heavy atom. The molecule has 5 rings (SSSR count). The molecule has 0 radical (unpaired) electrons. The molecule has 3 aromatic carbocycles. The number of carbonyl (C=O) groups is 1. The van der Waals surface area contributed by atoms with Gasteiger partial charge in [-0.15, -0.1) is 0 Å². The van der Waals surface area contributed by atoms with Crippen molar-refractivity contribution in [2.75, 3.05) is 26.2 Å². The van der Waals surface area contributed by atoms with Crippen LogP contribution < -0.4 is 9.46 Å². The van der Waals surface area contributed by atoms with Crippen LogP contribution in [0.4, 0.5) is 13.2 Å². The number of carboxylic acids is 1. The molecule has 0 spiro atoms. The first kappa shape index (κ1) is 31.8. The van der Waals surface area contributed by atoms with Crippen molar-refractivity contribution < 1.29 is 36.2 Å². The van der Waals surface area contributed by atoms with Crippen molar-refractivity contribution in [3.05, 3.63) is 113 Å². The predicted octanol–water partition coefficient (Wildman–Crippen LogP) is 5.16. The zero-order chi connectivity index (χ0) is 32.2. The van der Waals surface area contributed by atoms with Gasteiger partial charge in [0.1, 0.15) is 18.1 Å². The summed E-state index contributed by atoms with van der Waals surface area (Å²) in [6, 6.07) is 20.4. The van der Waals surface area contributed by atoms with E-state index in [-0.39, 0.29) is 17.2 Å². The van der Waals surface area contributed by atoms with Crippen LogP contribution in [0.5, 0.6) is 5.75 Å². The molecule has 45 heavy (non-hydrogen) atoms. The van der Waals surface area contributed by atoms with E-state index in [4.69, 9.17) is 4.74 Å². The molecular formula is C32H31F3N4O5S. The SMILES string of the molecule is Cc1cc(COc2ccc(S(=O)(=O)N/C=C(\C(=O)O)N3CCN(Cc4ccc(C(F)(F)F)cc4)CC3)cc2)c2ccccc2n1. The number of aryl methyl sites for hydroxylation is 1. The van der Waals surface area contributed by atoms with Crippen molar-refractivity contribution in [1.29, 1.82) is 0 Å². The van der Waals surface area contributed by atoms with Gasteiger partial charge in [0.25, 0.3) is 10.0 Å². The van der Waals surface area contributed by atoms with E-state index in [1.807, 2.05) is 42.2 Å². The predicted molar refractivity (Wildman–Crippen MR) is 162 cm³/mol. The van der Waals surface area contributed by atoms with Gasteiger partial charge in [-0.3, -0.25) is 14.6 Å². The number of nitrogens with one attached hydrogen (secondary N) is 1. The first-order valence-corrected chi connectivity index (χ1v) is 15.5. The summed E-state index contributed by atoms with van der Waals surface area (Å²) in [6.07, 6.45) is -3.44. The Kier molecular flexibility index (Phi) is 9.30. The lowest BCUT2D eigenvalue weighted by Crippen LogP contribution is -2.46. The smallest absolute Gasteiger partial charge is 0.416 e. The number of fused-ring (bicyclic) bond motifs is 1. The van der Waals surface area contributed by atoms with Gasteiger partial charge in [-0.2, -0.15) is 13.2 Å². The third-order valence-electron chi connectivity index (χ3n) is 7.43. The van der Waals surface area contributed by atoms with Crippen LogP contribution in [0.2, 0.25) is 0 Å². The number of rotatable bonds is 10. The molecule has 2 N–H and O–H groups in total. The largest absolute Gasteiger partial charge is 0.489 e. The number of sulfonamides is 1. The minimum atomic E-state index is -4.40. The first-order valence-electron chi connectivity index (χ1n) is 14.1. The maximum absolute atomic E-state index is 13.0. The van der Waals surface area contributed by atoms with Gasteiger partial charge in [0, 0.05) is 55.6 Å². The van der Waals surface area contributed by atoms with Crippen LogP contribution in [0.1, 0.15) is 22.4 Å². The molecule has 1 aliphatic heterocycles. The molecule has 2 heterocycles. The number of pyridine rings is 1. The topological polar surface area (TPSA) is 112 Å². The Balaban J connectivity index is 1.17. The number of hydrogen-bond donors (Lipinski definition) is 2. The van der Waals surface area contributed by atoms with Gasteiger partial charge in [-0.05, 0) is 61.0 Å². The Morgan fingerprint density at radius 2 is 1.67 bits per heavy atom. The first-order chi connectivity index (χ1) is 21.4. The average molecular weight is 641 g/mol. The van der Waals surface area contributed by atoms with Gasteiger partial charge in [-0.25, -0.2) is 13.2 Å². The van der Waals surface area contributed by atoms with Crippen LogP contribution in [0.15, 0.2) is 95.7 Å². The molecule has 1 aromatic heterocycles. The van der Waals surface area contributed by atoms with Gasteiger partial charge >= 0.3 is 12.1 Å². The number of aromatic nitrogens is 1. The summed E-state index contributed by atoms with van der Waals surface area (Å²) < 4.78 is 72.6. The van der Waals surface area contributed by atoms with E-state index in [2.05, 4.69) is 9.71 Å². The van der Waals surface area contributed by atoms with E-state index < -0.39 is 27.7 Å². The van der Waals surface area contributed by atoms with Gasteiger partial charge in [0.2, 0.25) is 0 Å². The fourth-order valence-electron chi connectivity index (χ4n) is 5.08. The second-order valence-corrected chi connectivity index (χ2v) is 12.3. The molecule has 9 nitrogen and oxygen atoms in total. The fraction of sp³-hybridized carbons (Fsp3) is 0.250. The molecule has 4 aromatic rings. The van der Waals surface area contributed by atoms with Gasteiger partial charge < -0.3 is 14.7 Å². The normalized spacial score (nSPS) is 14.8. The van der Waals surface area contributed by atoms with E-state index in [0.29, 0.717) is 44.0 Å². The van der Waals surface area contributed by atoms with E-state index in [1.165, 1.54) is 36.4 Å². The molecule has 0 aliphatic carbocycles. The standard InChI is InChI=1S/C32H31F3N4O5S/c1-22-18-24(28-4-2-3-5-29(28)37-22)21-44-26-10-12-27(13-11-26)45(42,43)36-19-30(31(40)41)39-16-14-38(15-17-39)20-23-6-8-25(9-7-23)32(33,34)35/h2-13,18-19,36H,14-17,20-21H2,1H3,(H,40,41)/b30-19+. The number of hydrogen-bond acceptors (Lipinski definition) is 7. The number of ether oxygens (including phenoxy) is 1. The van der Waals surface area contributed by atoms with Gasteiger partial charge in [0.15, 0.2) is 0 Å². The van der Waals surface area contributed by atoms with Crippen LogP contribution >= 0.6 is 0 Å². The lowest BCUT2D eigenvalue weighted by Gasteiger charge is -2.36. The highest BCUT2D eigenvalue weighted by Gasteiger charge is 2.30. The molecule has 236 valence electrons. The summed E-state index contributed by atoms with van der Waals surface area (Å²) in [5.41, 5.74) is 2.43. The Morgan fingerprint density at radius 3 is 2.31 bits per heavy atom. The molecular weight excluding hydrogens is 609 g/mol. The molecule has 0 bridgehead atoms. The van der Waals surface area contributed by atoms with Crippen LogP contribution in [0, 0.1) is 6.92 Å². The highest BCUT2D eigenvalue weighted by molar-refractivity contribution is 7.89. The van der Waals surface area contributed by atoms with E-state index in [1.54, 1.807) is 4.90 Å². The van der Waals surface area contributed by atoms with Crippen molar-refractivity contribution in [2.24, 2.45) is 0 Å². The Labute approximate surface area is 258 Å². The van der Waals surface area contributed by atoms with E-state index in [0.717, 1.165) is 40.5 Å². The number of alkyl halides is 3. The average Bonchev–Trinajstić information content (AvgIpc) is 3.00. The molecule has 1 saturated heterocycles. The number of halogens is 3. The highest BCUT2D eigenvalue weighted by atomic mass is 32.2. The van der Waals surface area contributed by atoms with Crippen molar-refractivity contribution in [3.63, 3.8) is 0 Å². The lowest BCUT2D eigenvalue weighted by molar-refractivity contribution is -0.137. The number of nitrogens with zero attached hydrogens (tertiary/aromatic N) is 3. The summed E-state index contributed by atoms with van der Waals surface area (Å²) in [6.45, 7) is 4.03. The van der Waals surface area contributed by atoms with Gasteiger partial charge in [-0.1, -0.05) is 30.3 Å². The van der Waals surface area contributed by atoms with Crippen LogP contribution in [-0.2, 0) is 34.1 Å². The molecule has 0 unspecified atom stereocenters. The van der Waals surface area contributed by atoms with Crippen molar-refractivity contribution >= 4 is 26.9 Å². The third-order valence-corrected chi connectivity index (χ3v) is 8.75. The molecule has 0 amide bonds. The molecule has 1 aliphatic rings. The van der Waals surface area contributed by atoms with E-state index >= 15 is 0 Å². The second-order valence-electron chi connectivity index (χ2n) is 10.6. The molecule has 13 heteroatoms. The quantitative estimate of drug-likeness (QED) is 0.229. The highest BCUT2D eigenvalue weighted by Crippen LogP contribution is 2.29. The van der Waals surface area contributed by atoms with Crippen molar-refractivity contribution in [1.82, 2.24) is 19.5 Å². The fourth-order valence-corrected chi connectivity index (χ4v) is 5.98. The van der Waals surface area contributed by atoms with E-state index in [9.17, 15) is 31.5 Å². The number of aliphatic carboxylic acids is 1. The summed E-state index contributed by atoms with van der Waals surface area (Å²) in [5.74, 6) is -0.833. The summed E-state index contributed by atoms with van der Waals surface area (Å²) in [5, 5.41) is 10.8. The van der Waals surface area contributed by atoms with Crippen molar-refractivity contribution in [3.8, 4) is 5.75 Å². The second kappa shape index (κ2) is 13.2. The van der Waals surface area contributed by atoms with Crippen LogP contribution in [0.25, 0.3) is 10.9 Å². The zero-order valence-electron chi connectivity index (χ0n) is 24.3. The molecule has 1 fully saturated rings.